The Labute approximate surface area is 105 Å². The molecule has 1 rings (SSSR count). The number of hydrogen-bond acceptors (Lipinski definition) is 2. The molecule has 1 aromatic rings. The van der Waals surface area contributed by atoms with E-state index in [1.54, 1.807) is 0 Å². The molecule has 0 saturated carbocycles. The molecule has 0 saturated heterocycles. The summed E-state index contributed by atoms with van der Waals surface area (Å²) in [6, 6.07) is 8.31. The van der Waals surface area contributed by atoms with E-state index in [1.165, 1.54) is 5.56 Å². The van der Waals surface area contributed by atoms with Crippen LogP contribution in [0, 0.1) is 0 Å². The molecule has 0 aliphatic heterocycles. The monoisotopic (exact) mass is 233 g/mol. The predicted octanol–water partition coefficient (Wildman–Crippen LogP) is 3.19. The third-order valence-corrected chi connectivity index (χ3v) is 2.93. The van der Waals surface area contributed by atoms with Crippen LogP contribution in [0.4, 0.5) is 0 Å². The summed E-state index contributed by atoms with van der Waals surface area (Å²) in [7, 11) is 0. The highest BCUT2D eigenvalue weighted by molar-refractivity contribution is 5.47. The molecule has 2 nitrogen and oxygen atoms in total. The predicted molar refractivity (Wildman–Crippen MR) is 74.0 cm³/mol. The Morgan fingerprint density at radius 1 is 1.18 bits per heavy atom. The molecule has 94 valence electrons. The first-order valence-corrected chi connectivity index (χ1v) is 6.31. The fourth-order valence-electron chi connectivity index (χ4n) is 1.67. The molecule has 0 amide bonds. The average molecular weight is 233 g/mol. The van der Waals surface area contributed by atoms with E-state index in [4.69, 9.17) is 4.74 Å². The first kappa shape index (κ1) is 13.9. The van der Waals surface area contributed by atoms with Crippen LogP contribution in [-0.2, 0) is 11.3 Å². The zero-order valence-corrected chi connectivity index (χ0v) is 11.0. The van der Waals surface area contributed by atoms with Gasteiger partial charge in [0.2, 0.25) is 0 Å². The second-order valence-electron chi connectivity index (χ2n) is 4.03. The summed E-state index contributed by atoms with van der Waals surface area (Å²) in [5, 5.41) is 0. The molecule has 0 aliphatic carbocycles. The van der Waals surface area contributed by atoms with Gasteiger partial charge in [-0.15, -0.1) is 0 Å². The Morgan fingerprint density at radius 2 is 1.82 bits per heavy atom. The van der Waals surface area contributed by atoms with Crippen LogP contribution in [0.3, 0.4) is 0 Å². The van der Waals surface area contributed by atoms with Crippen molar-refractivity contribution in [2.24, 2.45) is 0 Å². The van der Waals surface area contributed by atoms with E-state index in [2.05, 4.69) is 49.6 Å². The van der Waals surface area contributed by atoms with Crippen molar-refractivity contribution in [1.82, 2.24) is 4.90 Å². The van der Waals surface area contributed by atoms with Gasteiger partial charge >= 0.3 is 0 Å². The largest absolute Gasteiger partial charge is 0.375 e. The second kappa shape index (κ2) is 8.04. The molecule has 2 heteroatoms. The maximum Gasteiger partial charge on any atom is 0.0717 e. The molecular weight excluding hydrogens is 210 g/mol. The zero-order valence-electron chi connectivity index (χ0n) is 11.0. The molecule has 0 bridgehead atoms. The van der Waals surface area contributed by atoms with Crippen molar-refractivity contribution >= 4 is 6.08 Å². The van der Waals surface area contributed by atoms with Crippen molar-refractivity contribution in [3.63, 3.8) is 0 Å². The van der Waals surface area contributed by atoms with Crippen LogP contribution in [-0.4, -0.2) is 31.1 Å². The van der Waals surface area contributed by atoms with Gasteiger partial charge in [-0.25, -0.2) is 0 Å². The van der Waals surface area contributed by atoms with Crippen LogP contribution in [0.5, 0.6) is 0 Å². The molecule has 0 unspecified atom stereocenters. The zero-order chi connectivity index (χ0) is 12.5. The van der Waals surface area contributed by atoms with Crippen molar-refractivity contribution in [2.75, 3.05) is 26.2 Å². The SMILES string of the molecule is C=Cc1ccc(COCCN(CC)CC)cc1. The maximum atomic E-state index is 5.66. The topological polar surface area (TPSA) is 12.5 Å². The van der Waals surface area contributed by atoms with Crippen LogP contribution >= 0.6 is 0 Å². The minimum absolute atomic E-state index is 0.693. The van der Waals surface area contributed by atoms with Gasteiger partial charge in [-0.3, -0.25) is 0 Å². The summed E-state index contributed by atoms with van der Waals surface area (Å²) in [5.74, 6) is 0. The molecule has 0 atom stereocenters. The summed E-state index contributed by atoms with van der Waals surface area (Å²) in [6.45, 7) is 12.8. The van der Waals surface area contributed by atoms with E-state index in [0.717, 1.165) is 31.8 Å². The lowest BCUT2D eigenvalue weighted by atomic mass is 10.1. The van der Waals surface area contributed by atoms with Crippen LogP contribution in [0.2, 0.25) is 0 Å². The molecular formula is C15H23NO. The van der Waals surface area contributed by atoms with Gasteiger partial charge in [-0.1, -0.05) is 50.8 Å². The number of ether oxygens (including phenoxy) is 1. The molecule has 0 radical (unpaired) electrons. The van der Waals surface area contributed by atoms with Crippen molar-refractivity contribution in [2.45, 2.75) is 20.5 Å². The van der Waals surface area contributed by atoms with E-state index in [9.17, 15) is 0 Å². The minimum atomic E-state index is 0.693. The van der Waals surface area contributed by atoms with Crippen molar-refractivity contribution in [3.8, 4) is 0 Å². The highest BCUT2D eigenvalue weighted by Crippen LogP contribution is 2.06. The molecule has 0 aromatic heterocycles. The first-order valence-electron chi connectivity index (χ1n) is 6.31. The van der Waals surface area contributed by atoms with E-state index >= 15 is 0 Å². The summed E-state index contributed by atoms with van der Waals surface area (Å²) in [4.78, 5) is 2.36. The van der Waals surface area contributed by atoms with Crippen LogP contribution < -0.4 is 0 Å². The third-order valence-electron chi connectivity index (χ3n) is 2.93. The summed E-state index contributed by atoms with van der Waals surface area (Å²) < 4.78 is 5.66. The molecule has 17 heavy (non-hydrogen) atoms. The molecule has 0 spiro atoms. The normalized spacial score (nSPS) is 10.8. The Kier molecular flexibility index (Phi) is 6.60. The van der Waals surface area contributed by atoms with Crippen molar-refractivity contribution in [3.05, 3.63) is 42.0 Å². The maximum absolute atomic E-state index is 5.66. The highest BCUT2D eigenvalue weighted by Gasteiger charge is 1.98. The van der Waals surface area contributed by atoms with Gasteiger partial charge in [0.1, 0.15) is 0 Å². The molecule has 0 N–H and O–H groups in total. The fraction of sp³-hybridized carbons (Fsp3) is 0.467. The van der Waals surface area contributed by atoms with E-state index in [1.807, 2.05) is 6.08 Å². The lowest BCUT2D eigenvalue weighted by Crippen LogP contribution is -2.26. The number of nitrogens with zero attached hydrogens (tertiary/aromatic N) is 1. The second-order valence-corrected chi connectivity index (χ2v) is 4.03. The molecule has 0 heterocycles. The minimum Gasteiger partial charge on any atom is -0.375 e. The first-order chi connectivity index (χ1) is 8.30. The molecule has 1 aromatic carbocycles. The number of benzene rings is 1. The Balaban J connectivity index is 2.23. The summed E-state index contributed by atoms with van der Waals surface area (Å²) in [5.41, 5.74) is 2.37. The van der Waals surface area contributed by atoms with E-state index in [-0.39, 0.29) is 0 Å². The van der Waals surface area contributed by atoms with Gasteiger partial charge < -0.3 is 9.64 Å². The van der Waals surface area contributed by atoms with Gasteiger partial charge in [0, 0.05) is 6.54 Å². The number of likely N-dealkylation sites (N-methyl/N-ethyl adjacent to an activating group) is 1. The third kappa shape index (κ3) is 5.16. The van der Waals surface area contributed by atoms with E-state index in [0.29, 0.717) is 6.61 Å². The number of hydrogen-bond donors (Lipinski definition) is 0. The molecule has 0 aliphatic rings. The Bertz CT molecular complexity index is 314. The van der Waals surface area contributed by atoms with Crippen LogP contribution in [0.25, 0.3) is 6.08 Å². The van der Waals surface area contributed by atoms with E-state index < -0.39 is 0 Å². The van der Waals surface area contributed by atoms with Gasteiger partial charge in [-0.2, -0.15) is 0 Å². The van der Waals surface area contributed by atoms with Gasteiger partial charge in [-0.05, 0) is 24.2 Å². The lowest BCUT2D eigenvalue weighted by Gasteiger charge is -2.17. The Morgan fingerprint density at radius 3 is 2.35 bits per heavy atom. The summed E-state index contributed by atoms with van der Waals surface area (Å²) in [6.07, 6.45) is 1.85. The highest BCUT2D eigenvalue weighted by atomic mass is 16.5. The van der Waals surface area contributed by atoms with Crippen molar-refractivity contribution < 1.29 is 4.74 Å². The average Bonchev–Trinajstić information content (AvgIpc) is 2.40. The Hall–Kier alpha value is -1.12. The van der Waals surface area contributed by atoms with Gasteiger partial charge in [0.15, 0.2) is 0 Å². The fourth-order valence-corrected chi connectivity index (χ4v) is 1.67. The quantitative estimate of drug-likeness (QED) is 0.639. The smallest absolute Gasteiger partial charge is 0.0717 e. The standard InChI is InChI=1S/C15H23NO/c1-4-14-7-9-15(10-8-14)13-17-12-11-16(5-2)6-3/h4,7-10H,1,5-6,11-13H2,2-3H3. The lowest BCUT2D eigenvalue weighted by molar-refractivity contribution is 0.0956. The van der Waals surface area contributed by atoms with Gasteiger partial charge in [0.05, 0.1) is 13.2 Å². The number of rotatable bonds is 8. The van der Waals surface area contributed by atoms with Crippen LogP contribution in [0.15, 0.2) is 30.8 Å². The van der Waals surface area contributed by atoms with Crippen molar-refractivity contribution in [1.29, 1.82) is 0 Å². The summed E-state index contributed by atoms with van der Waals surface area (Å²) >= 11 is 0. The van der Waals surface area contributed by atoms with Gasteiger partial charge in [0.25, 0.3) is 0 Å². The van der Waals surface area contributed by atoms with Crippen LogP contribution in [0.1, 0.15) is 25.0 Å². The molecule has 0 fully saturated rings.